The standard InChI is InChI=1S/C16H34N2O/c1-6-19-16-8-7-9-18(12-16)15(5)14(4)11-17-10-13(2)3/h13-17H,6-12H2,1-5H3. The zero-order valence-electron chi connectivity index (χ0n) is 13.6. The van der Waals surface area contributed by atoms with Gasteiger partial charge in [0.2, 0.25) is 0 Å². The first kappa shape index (κ1) is 16.9. The van der Waals surface area contributed by atoms with Crippen LogP contribution in [-0.2, 0) is 4.74 Å². The van der Waals surface area contributed by atoms with Gasteiger partial charge in [-0.1, -0.05) is 20.8 Å². The summed E-state index contributed by atoms with van der Waals surface area (Å²) in [7, 11) is 0. The van der Waals surface area contributed by atoms with Crippen molar-refractivity contribution in [3.05, 3.63) is 0 Å². The van der Waals surface area contributed by atoms with Crippen molar-refractivity contribution in [2.75, 3.05) is 32.8 Å². The summed E-state index contributed by atoms with van der Waals surface area (Å²) in [5.41, 5.74) is 0. The lowest BCUT2D eigenvalue weighted by Crippen LogP contribution is -2.48. The topological polar surface area (TPSA) is 24.5 Å². The summed E-state index contributed by atoms with van der Waals surface area (Å²) in [5.74, 6) is 1.43. The Morgan fingerprint density at radius 1 is 1.21 bits per heavy atom. The Morgan fingerprint density at radius 2 is 1.95 bits per heavy atom. The molecule has 0 aromatic heterocycles. The van der Waals surface area contributed by atoms with Crippen molar-refractivity contribution in [2.24, 2.45) is 11.8 Å². The van der Waals surface area contributed by atoms with Gasteiger partial charge < -0.3 is 10.1 Å². The molecule has 0 amide bonds. The third-order valence-electron chi connectivity index (χ3n) is 4.23. The van der Waals surface area contributed by atoms with Crippen molar-refractivity contribution < 1.29 is 4.74 Å². The van der Waals surface area contributed by atoms with E-state index in [1.54, 1.807) is 0 Å². The van der Waals surface area contributed by atoms with Gasteiger partial charge in [-0.2, -0.15) is 0 Å². The zero-order chi connectivity index (χ0) is 14.3. The van der Waals surface area contributed by atoms with Crippen LogP contribution in [0.4, 0.5) is 0 Å². The highest BCUT2D eigenvalue weighted by molar-refractivity contribution is 4.81. The Hall–Kier alpha value is -0.120. The largest absolute Gasteiger partial charge is 0.377 e. The van der Waals surface area contributed by atoms with E-state index in [1.807, 2.05) is 0 Å². The summed E-state index contributed by atoms with van der Waals surface area (Å²) in [6.45, 7) is 16.8. The number of likely N-dealkylation sites (tertiary alicyclic amines) is 1. The summed E-state index contributed by atoms with van der Waals surface area (Å²) in [4.78, 5) is 2.62. The summed E-state index contributed by atoms with van der Waals surface area (Å²) < 4.78 is 5.80. The van der Waals surface area contributed by atoms with Gasteiger partial charge in [0.05, 0.1) is 6.10 Å². The maximum atomic E-state index is 5.80. The number of ether oxygens (including phenoxy) is 1. The number of hydrogen-bond donors (Lipinski definition) is 1. The number of hydrogen-bond acceptors (Lipinski definition) is 3. The lowest BCUT2D eigenvalue weighted by molar-refractivity contribution is -0.0120. The Kier molecular flexibility index (Phi) is 7.96. The third kappa shape index (κ3) is 6.24. The molecule has 1 fully saturated rings. The molecule has 0 radical (unpaired) electrons. The molecule has 1 N–H and O–H groups in total. The van der Waals surface area contributed by atoms with E-state index >= 15 is 0 Å². The minimum atomic E-state index is 0.456. The average Bonchev–Trinajstić information content (AvgIpc) is 2.38. The van der Waals surface area contributed by atoms with Crippen LogP contribution in [0, 0.1) is 11.8 Å². The van der Waals surface area contributed by atoms with Crippen LogP contribution in [-0.4, -0.2) is 49.8 Å². The molecule has 0 saturated carbocycles. The molecule has 0 aliphatic carbocycles. The van der Waals surface area contributed by atoms with Crippen LogP contribution >= 0.6 is 0 Å². The van der Waals surface area contributed by atoms with Crippen LogP contribution in [0.3, 0.4) is 0 Å². The van der Waals surface area contributed by atoms with Crippen LogP contribution in [0.1, 0.15) is 47.5 Å². The highest BCUT2D eigenvalue weighted by Crippen LogP contribution is 2.19. The van der Waals surface area contributed by atoms with E-state index in [9.17, 15) is 0 Å². The summed E-state index contributed by atoms with van der Waals surface area (Å²) in [5, 5.41) is 3.58. The molecular formula is C16H34N2O. The van der Waals surface area contributed by atoms with Crippen molar-refractivity contribution in [2.45, 2.75) is 59.6 Å². The molecule has 0 spiro atoms. The Labute approximate surface area is 120 Å². The molecule has 1 saturated heterocycles. The average molecular weight is 270 g/mol. The first-order valence-electron chi connectivity index (χ1n) is 8.10. The van der Waals surface area contributed by atoms with E-state index in [4.69, 9.17) is 4.74 Å². The predicted molar refractivity (Wildman–Crippen MR) is 82.6 cm³/mol. The second-order valence-corrected chi connectivity index (χ2v) is 6.48. The van der Waals surface area contributed by atoms with Gasteiger partial charge in [-0.15, -0.1) is 0 Å². The number of piperidine rings is 1. The molecule has 19 heavy (non-hydrogen) atoms. The predicted octanol–water partition coefficient (Wildman–Crippen LogP) is 2.76. The first-order valence-corrected chi connectivity index (χ1v) is 8.10. The van der Waals surface area contributed by atoms with Gasteiger partial charge >= 0.3 is 0 Å². The third-order valence-corrected chi connectivity index (χ3v) is 4.23. The molecule has 0 aromatic carbocycles. The number of nitrogens with zero attached hydrogens (tertiary/aromatic N) is 1. The fraction of sp³-hybridized carbons (Fsp3) is 1.00. The summed E-state index contributed by atoms with van der Waals surface area (Å²) >= 11 is 0. The molecule has 3 nitrogen and oxygen atoms in total. The van der Waals surface area contributed by atoms with E-state index in [0.29, 0.717) is 18.1 Å². The van der Waals surface area contributed by atoms with Gasteiger partial charge in [-0.25, -0.2) is 0 Å². The second kappa shape index (κ2) is 8.93. The van der Waals surface area contributed by atoms with E-state index in [2.05, 4.69) is 44.8 Å². The van der Waals surface area contributed by atoms with Gasteiger partial charge in [0.1, 0.15) is 0 Å². The van der Waals surface area contributed by atoms with E-state index < -0.39 is 0 Å². The van der Waals surface area contributed by atoms with Crippen molar-refractivity contribution in [1.82, 2.24) is 10.2 Å². The van der Waals surface area contributed by atoms with Crippen LogP contribution in [0.5, 0.6) is 0 Å². The minimum absolute atomic E-state index is 0.456. The number of nitrogens with one attached hydrogen (secondary N) is 1. The molecule has 1 aliphatic rings. The summed E-state index contributed by atoms with van der Waals surface area (Å²) in [6, 6.07) is 0.642. The van der Waals surface area contributed by atoms with Gasteiger partial charge in [-0.05, 0) is 58.2 Å². The first-order chi connectivity index (χ1) is 9.04. The number of rotatable bonds is 8. The van der Waals surface area contributed by atoms with Crippen LogP contribution in [0.2, 0.25) is 0 Å². The molecule has 0 aromatic rings. The second-order valence-electron chi connectivity index (χ2n) is 6.48. The van der Waals surface area contributed by atoms with E-state index in [1.165, 1.54) is 19.4 Å². The lowest BCUT2D eigenvalue weighted by Gasteiger charge is -2.39. The fourth-order valence-electron chi connectivity index (χ4n) is 2.84. The molecule has 3 unspecified atom stereocenters. The maximum absolute atomic E-state index is 5.80. The Bertz CT molecular complexity index is 231. The van der Waals surface area contributed by atoms with E-state index in [-0.39, 0.29) is 0 Å². The molecule has 3 atom stereocenters. The quantitative estimate of drug-likeness (QED) is 0.734. The summed E-state index contributed by atoms with van der Waals surface area (Å²) in [6.07, 6.45) is 2.97. The van der Waals surface area contributed by atoms with Crippen LogP contribution in [0.15, 0.2) is 0 Å². The molecule has 1 rings (SSSR count). The van der Waals surface area contributed by atoms with Gasteiger partial charge in [0, 0.05) is 19.2 Å². The van der Waals surface area contributed by atoms with Crippen molar-refractivity contribution in [3.8, 4) is 0 Å². The molecular weight excluding hydrogens is 236 g/mol. The molecule has 3 heteroatoms. The van der Waals surface area contributed by atoms with Gasteiger partial charge in [0.15, 0.2) is 0 Å². The molecule has 1 heterocycles. The lowest BCUT2D eigenvalue weighted by atomic mass is 9.98. The van der Waals surface area contributed by atoms with Crippen molar-refractivity contribution >= 4 is 0 Å². The van der Waals surface area contributed by atoms with Gasteiger partial charge in [-0.3, -0.25) is 4.90 Å². The minimum Gasteiger partial charge on any atom is -0.377 e. The van der Waals surface area contributed by atoms with Crippen molar-refractivity contribution in [1.29, 1.82) is 0 Å². The Morgan fingerprint density at radius 3 is 2.58 bits per heavy atom. The maximum Gasteiger partial charge on any atom is 0.0702 e. The molecule has 114 valence electrons. The van der Waals surface area contributed by atoms with E-state index in [0.717, 1.165) is 32.2 Å². The molecule has 0 bridgehead atoms. The van der Waals surface area contributed by atoms with Crippen LogP contribution < -0.4 is 5.32 Å². The smallest absolute Gasteiger partial charge is 0.0702 e. The SMILES string of the molecule is CCOC1CCCN(C(C)C(C)CNCC(C)C)C1. The van der Waals surface area contributed by atoms with Gasteiger partial charge in [0.25, 0.3) is 0 Å². The highest BCUT2D eigenvalue weighted by Gasteiger charge is 2.26. The van der Waals surface area contributed by atoms with Crippen LogP contribution in [0.25, 0.3) is 0 Å². The zero-order valence-corrected chi connectivity index (χ0v) is 13.6. The Balaban J connectivity index is 2.31. The van der Waals surface area contributed by atoms with Crippen molar-refractivity contribution in [3.63, 3.8) is 0 Å². The fourth-order valence-corrected chi connectivity index (χ4v) is 2.84. The monoisotopic (exact) mass is 270 g/mol. The highest BCUT2D eigenvalue weighted by atomic mass is 16.5. The normalized spacial score (nSPS) is 24.6. The molecule has 1 aliphatic heterocycles.